The molecule has 0 aromatic heterocycles. The Balaban J connectivity index is 1.91. The van der Waals surface area contributed by atoms with Crippen molar-refractivity contribution in [1.82, 2.24) is 4.90 Å². The Bertz CT molecular complexity index is 451. The highest BCUT2D eigenvalue weighted by Gasteiger charge is 2.49. The lowest BCUT2D eigenvalue weighted by Crippen LogP contribution is -2.62. The Hall–Kier alpha value is 0.0738. The molecule has 3 atom stereocenters. The first kappa shape index (κ1) is 25.3. The van der Waals surface area contributed by atoms with Crippen molar-refractivity contribution >= 4 is 17.6 Å². The maximum atomic E-state index is 6.51. The lowest BCUT2D eigenvalue weighted by atomic mass is 10.2. The number of nitrogens with zero attached hydrogens (tertiary/aromatic N) is 1. The van der Waals surface area contributed by atoms with Crippen LogP contribution in [0.1, 0.15) is 26.7 Å². The number of hydrogen-bond acceptors (Lipinski definition) is 9. The molecule has 0 amide bonds. The summed E-state index contributed by atoms with van der Waals surface area (Å²) in [5.41, 5.74) is 5.76. The van der Waals surface area contributed by atoms with Crippen LogP contribution in [0.15, 0.2) is 0 Å². The minimum Gasteiger partial charge on any atom is -0.379 e. The largest absolute Gasteiger partial charge is 0.501 e. The average molecular weight is 453 g/mol. The minimum atomic E-state index is -2.79. The molecular weight excluding hydrogens is 412 g/mol. The number of fused-ring (bicyclic) bond motifs is 6. The van der Waals surface area contributed by atoms with Gasteiger partial charge in [-0.3, -0.25) is 4.90 Å². The topological polar surface area (TPSA) is 93.9 Å². The molecule has 3 fully saturated rings. The van der Waals surface area contributed by atoms with Crippen molar-refractivity contribution in [3.63, 3.8) is 0 Å². The molecule has 3 heterocycles. The summed E-state index contributed by atoms with van der Waals surface area (Å²) in [6, 6.07) is 1.46. The van der Waals surface area contributed by atoms with Crippen LogP contribution in [0.5, 0.6) is 0 Å². The number of hydrogen-bond donors (Lipinski definition) is 1. The maximum Gasteiger partial charge on any atom is 0.501 e. The summed E-state index contributed by atoms with van der Waals surface area (Å²) < 4.78 is 41.6. The van der Waals surface area contributed by atoms with Gasteiger partial charge in [-0.2, -0.15) is 0 Å². The van der Waals surface area contributed by atoms with E-state index < -0.39 is 17.6 Å². The van der Waals surface area contributed by atoms with Crippen molar-refractivity contribution in [1.29, 1.82) is 0 Å². The Morgan fingerprint density at radius 3 is 2.14 bits per heavy atom. The fourth-order valence-corrected chi connectivity index (χ4v) is 8.92. The third-order valence-corrected chi connectivity index (χ3v) is 11.3. The van der Waals surface area contributed by atoms with E-state index in [-0.39, 0.29) is 18.3 Å². The quantitative estimate of drug-likeness (QED) is 0.345. The van der Waals surface area contributed by atoms with E-state index in [9.17, 15) is 0 Å². The van der Waals surface area contributed by atoms with E-state index in [0.717, 1.165) is 38.5 Å². The Morgan fingerprint density at radius 1 is 0.966 bits per heavy atom. The van der Waals surface area contributed by atoms with Crippen LogP contribution in [0.3, 0.4) is 0 Å². The molecule has 3 rings (SSSR count). The molecule has 9 nitrogen and oxygen atoms in total. The molecule has 11 heteroatoms. The minimum absolute atomic E-state index is 0.0753. The first-order chi connectivity index (χ1) is 13.9. The van der Waals surface area contributed by atoms with Crippen molar-refractivity contribution in [3.8, 4) is 0 Å². The van der Waals surface area contributed by atoms with Gasteiger partial charge in [0.1, 0.15) is 0 Å². The zero-order valence-corrected chi connectivity index (χ0v) is 20.7. The molecule has 0 radical (unpaired) electrons. The highest BCUT2D eigenvalue weighted by atomic mass is 28.4. The third-order valence-electron chi connectivity index (χ3n) is 5.30. The first-order valence-corrected chi connectivity index (χ1v) is 14.4. The van der Waals surface area contributed by atoms with Crippen LogP contribution in [0.25, 0.3) is 0 Å². The number of nitrogens with two attached hydrogens (primary N) is 1. The van der Waals surface area contributed by atoms with Crippen LogP contribution in [0, 0.1) is 0 Å². The molecule has 0 aromatic rings. The van der Waals surface area contributed by atoms with E-state index in [1.165, 1.54) is 0 Å². The van der Waals surface area contributed by atoms with Crippen LogP contribution in [0.4, 0.5) is 0 Å². The zero-order valence-electron chi connectivity index (χ0n) is 18.7. The van der Waals surface area contributed by atoms with E-state index in [0.29, 0.717) is 25.8 Å². The van der Waals surface area contributed by atoms with Gasteiger partial charge in [-0.1, -0.05) is 0 Å². The fourth-order valence-electron chi connectivity index (χ4n) is 4.04. The highest BCUT2D eigenvalue weighted by Crippen LogP contribution is 2.29. The second-order valence-corrected chi connectivity index (χ2v) is 13.5. The molecule has 0 aliphatic carbocycles. The molecule has 2 bridgehead atoms. The molecule has 2 N–H and O–H groups in total. The summed E-state index contributed by atoms with van der Waals surface area (Å²) in [7, 11) is -0.456. The van der Waals surface area contributed by atoms with Gasteiger partial charge in [0.2, 0.25) is 0 Å². The smallest absolute Gasteiger partial charge is 0.379 e. The van der Waals surface area contributed by atoms with E-state index in [2.05, 4.69) is 18.7 Å². The standard InChI is InChI=1S/C18H40N2O7Si2/c1-16-12-20-13-17(2)26-29(25-16,10-6-8-19)27-18(14-20)15-24-9-7-11-28(21-3,22-4)23-5/h16-18H,6-15,19H2,1-5H3. The van der Waals surface area contributed by atoms with Gasteiger partial charge >= 0.3 is 17.6 Å². The van der Waals surface area contributed by atoms with Crippen LogP contribution < -0.4 is 5.73 Å². The lowest BCUT2D eigenvalue weighted by molar-refractivity contribution is -0.0988. The Labute approximate surface area is 177 Å². The van der Waals surface area contributed by atoms with Gasteiger partial charge in [-0.25, -0.2) is 0 Å². The summed E-state index contributed by atoms with van der Waals surface area (Å²) in [5.74, 6) is 0. The van der Waals surface area contributed by atoms with Crippen LogP contribution in [-0.4, -0.2) is 102 Å². The van der Waals surface area contributed by atoms with Crippen LogP contribution >= 0.6 is 0 Å². The molecule has 0 spiro atoms. The van der Waals surface area contributed by atoms with E-state index >= 15 is 0 Å². The van der Waals surface area contributed by atoms with Gasteiger partial charge in [0.05, 0.1) is 24.9 Å². The predicted molar refractivity (Wildman–Crippen MR) is 114 cm³/mol. The van der Waals surface area contributed by atoms with Crippen LogP contribution in [0.2, 0.25) is 12.1 Å². The van der Waals surface area contributed by atoms with Gasteiger partial charge in [0.15, 0.2) is 0 Å². The van der Waals surface area contributed by atoms with Crippen LogP contribution in [-0.2, 0) is 31.3 Å². The van der Waals surface area contributed by atoms with Gasteiger partial charge in [-0.15, -0.1) is 0 Å². The number of rotatable bonds is 12. The van der Waals surface area contributed by atoms with Gasteiger partial charge in [-0.05, 0) is 33.2 Å². The highest BCUT2D eigenvalue weighted by molar-refractivity contribution is 6.61. The predicted octanol–water partition coefficient (Wildman–Crippen LogP) is 1.08. The van der Waals surface area contributed by atoms with Gasteiger partial charge < -0.3 is 37.0 Å². The summed E-state index contributed by atoms with van der Waals surface area (Å²) in [6.07, 6.45) is 1.73. The van der Waals surface area contributed by atoms with E-state index in [1.54, 1.807) is 21.3 Å². The number of ether oxygens (including phenoxy) is 1. The van der Waals surface area contributed by atoms with Gasteiger partial charge in [0.25, 0.3) is 0 Å². The Morgan fingerprint density at radius 2 is 1.59 bits per heavy atom. The summed E-state index contributed by atoms with van der Waals surface area (Å²) in [4.78, 5) is 2.35. The van der Waals surface area contributed by atoms with Crippen molar-refractivity contribution in [2.75, 3.05) is 60.7 Å². The summed E-state index contributed by atoms with van der Waals surface area (Å²) in [6.45, 7) is 8.48. The molecule has 3 aliphatic rings. The fraction of sp³-hybridized carbons (Fsp3) is 1.00. The van der Waals surface area contributed by atoms with Crippen molar-refractivity contribution < 1.29 is 31.3 Å². The van der Waals surface area contributed by atoms with Gasteiger partial charge in [0, 0.05) is 59.7 Å². The SMILES string of the molecule is CO[Si](CCCOCC1CN2CC(C)O[Si](CCCN)(OC(C)C2)O1)(OC)OC. The second-order valence-electron chi connectivity index (χ2n) is 7.86. The third kappa shape index (κ3) is 7.61. The lowest BCUT2D eigenvalue weighted by Gasteiger charge is -2.46. The van der Waals surface area contributed by atoms with E-state index in [4.69, 9.17) is 37.0 Å². The zero-order chi connectivity index (χ0) is 21.3. The molecule has 0 saturated carbocycles. The Kier molecular flexibility index (Phi) is 10.7. The molecule has 3 unspecified atom stereocenters. The molecule has 29 heavy (non-hydrogen) atoms. The molecular formula is C18H40N2O7Si2. The molecule has 3 aliphatic heterocycles. The molecule has 3 saturated heterocycles. The van der Waals surface area contributed by atoms with Crippen molar-refractivity contribution in [2.45, 2.75) is 57.1 Å². The first-order valence-electron chi connectivity index (χ1n) is 10.6. The molecule has 172 valence electrons. The molecule has 0 aromatic carbocycles. The average Bonchev–Trinajstić information content (AvgIpc) is 2.66. The second kappa shape index (κ2) is 12.2. The normalized spacial score (nSPS) is 33.3. The van der Waals surface area contributed by atoms with Crippen molar-refractivity contribution in [2.24, 2.45) is 5.73 Å². The van der Waals surface area contributed by atoms with Crippen molar-refractivity contribution in [3.05, 3.63) is 0 Å². The summed E-state index contributed by atoms with van der Waals surface area (Å²) in [5, 5.41) is 0. The monoisotopic (exact) mass is 452 g/mol. The van der Waals surface area contributed by atoms with E-state index in [1.807, 2.05) is 0 Å². The summed E-state index contributed by atoms with van der Waals surface area (Å²) >= 11 is 0. The maximum absolute atomic E-state index is 6.51.